The molecule has 3 atom stereocenters. The van der Waals surface area contributed by atoms with Crippen molar-refractivity contribution in [2.24, 2.45) is 11.8 Å². The van der Waals surface area contributed by atoms with Gasteiger partial charge < -0.3 is 5.32 Å². The standard InChI is InChI=1S/C15H21NS/c1-2-12-6-7-13(17-12)8-9-15-14-5-3-4-11(14)10-16-15/h6-9,11,14-16H,2-5,10H2,1H3/b9-8+. The molecular weight excluding hydrogens is 226 g/mol. The van der Waals surface area contributed by atoms with Crippen LogP contribution < -0.4 is 5.32 Å². The first-order valence-corrected chi connectivity index (χ1v) is 7.69. The van der Waals surface area contributed by atoms with Crippen molar-refractivity contribution in [3.05, 3.63) is 28.0 Å². The summed E-state index contributed by atoms with van der Waals surface area (Å²) in [6.45, 7) is 3.46. The van der Waals surface area contributed by atoms with E-state index in [1.165, 1.54) is 35.6 Å². The first kappa shape index (κ1) is 11.5. The zero-order valence-electron chi connectivity index (χ0n) is 10.5. The van der Waals surface area contributed by atoms with Gasteiger partial charge in [0.05, 0.1) is 0 Å². The van der Waals surface area contributed by atoms with Crippen LogP contribution >= 0.6 is 11.3 Å². The minimum Gasteiger partial charge on any atom is -0.310 e. The third-order valence-corrected chi connectivity index (χ3v) is 5.49. The number of nitrogens with one attached hydrogen (secondary N) is 1. The van der Waals surface area contributed by atoms with Crippen LogP contribution in [0.5, 0.6) is 0 Å². The molecule has 1 saturated carbocycles. The van der Waals surface area contributed by atoms with Crippen LogP contribution in [0.3, 0.4) is 0 Å². The fourth-order valence-corrected chi connectivity index (χ4v) is 4.18. The van der Waals surface area contributed by atoms with Crippen LogP contribution in [0, 0.1) is 11.8 Å². The molecule has 3 unspecified atom stereocenters. The highest BCUT2D eigenvalue weighted by Crippen LogP contribution is 2.38. The number of fused-ring (bicyclic) bond motifs is 1. The van der Waals surface area contributed by atoms with Gasteiger partial charge in [-0.1, -0.05) is 19.4 Å². The monoisotopic (exact) mass is 247 g/mol. The lowest BCUT2D eigenvalue weighted by atomic mass is 9.94. The summed E-state index contributed by atoms with van der Waals surface area (Å²) in [4.78, 5) is 2.90. The van der Waals surface area contributed by atoms with Crippen LogP contribution in [0.4, 0.5) is 0 Å². The second kappa shape index (κ2) is 4.95. The van der Waals surface area contributed by atoms with Gasteiger partial charge in [-0.25, -0.2) is 0 Å². The third-order valence-electron chi connectivity index (χ3n) is 4.29. The predicted octanol–water partition coefficient (Wildman–Crippen LogP) is 3.71. The summed E-state index contributed by atoms with van der Waals surface area (Å²) in [5, 5.41) is 3.67. The minimum absolute atomic E-state index is 0.634. The van der Waals surface area contributed by atoms with Crippen molar-refractivity contribution in [3.8, 4) is 0 Å². The molecule has 2 heteroatoms. The van der Waals surface area contributed by atoms with E-state index in [1.807, 2.05) is 11.3 Å². The first-order chi connectivity index (χ1) is 8.36. The van der Waals surface area contributed by atoms with E-state index in [4.69, 9.17) is 0 Å². The number of rotatable bonds is 3. The second-order valence-electron chi connectivity index (χ2n) is 5.31. The van der Waals surface area contributed by atoms with Crippen molar-refractivity contribution >= 4 is 17.4 Å². The number of hydrogen-bond donors (Lipinski definition) is 1. The van der Waals surface area contributed by atoms with Crippen molar-refractivity contribution in [2.45, 2.75) is 38.6 Å². The molecule has 1 aliphatic heterocycles. The molecule has 2 aliphatic rings. The van der Waals surface area contributed by atoms with Gasteiger partial charge in [-0.15, -0.1) is 11.3 Å². The molecular formula is C15H21NS. The molecule has 3 rings (SSSR count). The first-order valence-electron chi connectivity index (χ1n) is 6.87. The van der Waals surface area contributed by atoms with E-state index in [9.17, 15) is 0 Å². The van der Waals surface area contributed by atoms with E-state index < -0.39 is 0 Å². The van der Waals surface area contributed by atoms with E-state index in [0.717, 1.165) is 18.3 Å². The Labute approximate surface area is 108 Å². The Morgan fingerprint density at radius 3 is 3.18 bits per heavy atom. The molecule has 0 radical (unpaired) electrons. The quantitative estimate of drug-likeness (QED) is 0.858. The molecule has 92 valence electrons. The lowest BCUT2D eigenvalue weighted by Gasteiger charge is -2.13. The van der Waals surface area contributed by atoms with Crippen LogP contribution in [0.2, 0.25) is 0 Å². The zero-order valence-corrected chi connectivity index (χ0v) is 11.3. The van der Waals surface area contributed by atoms with Crippen molar-refractivity contribution in [1.82, 2.24) is 5.32 Å². The number of aryl methyl sites for hydroxylation is 1. The van der Waals surface area contributed by atoms with Crippen LogP contribution in [0.15, 0.2) is 18.2 Å². The number of thiophene rings is 1. The third kappa shape index (κ3) is 2.34. The largest absolute Gasteiger partial charge is 0.310 e. The normalized spacial score (nSPS) is 32.4. The van der Waals surface area contributed by atoms with Gasteiger partial charge in [0, 0.05) is 15.8 Å². The summed E-state index contributed by atoms with van der Waals surface area (Å²) in [6.07, 6.45) is 10.2. The molecule has 2 heterocycles. The molecule has 0 aromatic carbocycles. The summed E-state index contributed by atoms with van der Waals surface area (Å²) in [6, 6.07) is 5.14. The van der Waals surface area contributed by atoms with E-state index in [1.54, 1.807) is 0 Å². The Kier molecular flexibility index (Phi) is 3.34. The maximum absolute atomic E-state index is 3.67. The average molecular weight is 247 g/mol. The highest BCUT2D eigenvalue weighted by Gasteiger charge is 2.37. The van der Waals surface area contributed by atoms with Gasteiger partial charge in [-0.3, -0.25) is 0 Å². The van der Waals surface area contributed by atoms with Crippen LogP contribution in [-0.4, -0.2) is 12.6 Å². The summed E-state index contributed by atoms with van der Waals surface area (Å²) < 4.78 is 0. The molecule has 0 amide bonds. The smallest absolute Gasteiger partial charge is 0.0285 e. The Morgan fingerprint density at radius 1 is 1.41 bits per heavy atom. The zero-order chi connectivity index (χ0) is 11.7. The van der Waals surface area contributed by atoms with Gasteiger partial charge in [0.1, 0.15) is 0 Å². The van der Waals surface area contributed by atoms with Gasteiger partial charge in [0.2, 0.25) is 0 Å². The Hall–Kier alpha value is -0.600. The maximum Gasteiger partial charge on any atom is 0.0285 e. The Morgan fingerprint density at radius 2 is 2.35 bits per heavy atom. The van der Waals surface area contributed by atoms with E-state index >= 15 is 0 Å². The Bertz CT molecular complexity index is 407. The van der Waals surface area contributed by atoms with E-state index in [-0.39, 0.29) is 0 Å². The molecule has 1 N–H and O–H groups in total. The van der Waals surface area contributed by atoms with Crippen LogP contribution in [-0.2, 0) is 6.42 Å². The van der Waals surface area contributed by atoms with Crippen molar-refractivity contribution in [2.75, 3.05) is 6.54 Å². The summed E-state index contributed by atoms with van der Waals surface area (Å²) in [5.74, 6) is 1.87. The summed E-state index contributed by atoms with van der Waals surface area (Å²) in [7, 11) is 0. The molecule has 0 bridgehead atoms. The number of hydrogen-bond acceptors (Lipinski definition) is 2. The second-order valence-corrected chi connectivity index (χ2v) is 6.51. The SMILES string of the molecule is CCc1ccc(/C=C/C2NCC3CCCC32)s1. The fourth-order valence-electron chi connectivity index (χ4n) is 3.31. The Balaban J connectivity index is 1.66. The predicted molar refractivity (Wildman–Crippen MR) is 75.4 cm³/mol. The van der Waals surface area contributed by atoms with Gasteiger partial charge in [-0.05, 0) is 55.9 Å². The highest BCUT2D eigenvalue weighted by molar-refractivity contribution is 7.12. The molecule has 0 spiro atoms. The van der Waals surface area contributed by atoms with Gasteiger partial charge in [0.15, 0.2) is 0 Å². The van der Waals surface area contributed by atoms with Crippen LogP contribution in [0.1, 0.15) is 35.9 Å². The summed E-state index contributed by atoms with van der Waals surface area (Å²) in [5.41, 5.74) is 0. The molecule has 17 heavy (non-hydrogen) atoms. The van der Waals surface area contributed by atoms with Crippen molar-refractivity contribution in [1.29, 1.82) is 0 Å². The fraction of sp³-hybridized carbons (Fsp3) is 0.600. The highest BCUT2D eigenvalue weighted by atomic mass is 32.1. The van der Waals surface area contributed by atoms with Gasteiger partial charge in [0.25, 0.3) is 0 Å². The molecule has 2 fully saturated rings. The minimum atomic E-state index is 0.634. The van der Waals surface area contributed by atoms with E-state index in [2.05, 4.69) is 36.5 Å². The molecule has 1 aromatic heterocycles. The average Bonchev–Trinajstić information content (AvgIpc) is 3.03. The van der Waals surface area contributed by atoms with Gasteiger partial charge >= 0.3 is 0 Å². The topological polar surface area (TPSA) is 12.0 Å². The van der Waals surface area contributed by atoms with Gasteiger partial charge in [-0.2, -0.15) is 0 Å². The van der Waals surface area contributed by atoms with Crippen molar-refractivity contribution in [3.63, 3.8) is 0 Å². The lowest BCUT2D eigenvalue weighted by Crippen LogP contribution is -2.23. The maximum atomic E-state index is 3.67. The molecule has 1 saturated heterocycles. The van der Waals surface area contributed by atoms with Crippen LogP contribution in [0.25, 0.3) is 6.08 Å². The van der Waals surface area contributed by atoms with Crippen molar-refractivity contribution < 1.29 is 0 Å². The molecule has 1 nitrogen and oxygen atoms in total. The lowest BCUT2D eigenvalue weighted by molar-refractivity contribution is 0.456. The molecule has 1 aliphatic carbocycles. The summed E-state index contributed by atoms with van der Waals surface area (Å²) >= 11 is 1.93. The van der Waals surface area contributed by atoms with E-state index in [0.29, 0.717) is 6.04 Å². The molecule has 1 aromatic rings.